The number of carbonyl (C=O) groups excluding carboxylic acids is 1. The summed E-state index contributed by atoms with van der Waals surface area (Å²) in [4.78, 5) is 24.4. The topological polar surface area (TPSA) is 87.1 Å². The molecule has 0 unspecified atom stereocenters. The summed E-state index contributed by atoms with van der Waals surface area (Å²) in [5.74, 6) is -0.909. The minimum Gasteiger partial charge on any atom is -0.481 e. The molecular formula is C12H17NO5. The van der Waals surface area contributed by atoms with E-state index in [4.69, 9.17) is 4.74 Å². The molecule has 2 N–H and O–H groups in total. The molecule has 18 heavy (non-hydrogen) atoms. The zero-order valence-corrected chi connectivity index (χ0v) is 10.1. The Morgan fingerprint density at radius 3 is 2.56 bits per heavy atom. The highest BCUT2D eigenvalue weighted by Crippen LogP contribution is 2.58. The Kier molecular flexibility index (Phi) is 3.06. The zero-order valence-electron chi connectivity index (χ0n) is 10.1. The second-order valence-electron chi connectivity index (χ2n) is 5.32. The van der Waals surface area contributed by atoms with E-state index < -0.39 is 22.9 Å². The van der Waals surface area contributed by atoms with Crippen LogP contribution in [0.4, 0.5) is 4.79 Å². The van der Waals surface area contributed by atoms with Crippen molar-refractivity contribution in [2.45, 2.75) is 12.8 Å². The van der Waals surface area contributed by atoms with Gasteiger partial charge in [0.25, 0.3) is 0 Å². The highest BCUT2D eigenvalue weighted by atomic mass is 16.6. The van der Waals surface area contributed by atoms with Gasteiger partial charge in [-0.2, -0.15) is 0 Å². The predicted molar refractivity (Wildman–Crippen MR) is 61.9 cm³/mol. The molecule has 0 aromatic rings. The van der Waals surface area contributed by atoms with Crippen LogP contribution < -0.4 is 0 Å². The van der Waals surface area contributed by atoms with Gasteiger partial charge in [0.15, 0.2) is 0 Å². The zero-order chi connectivity index (χ0) is 13.4. The number of ether oxygens (including phenoxy) is 1. The Bertz CT molecular complexity index is 386. The van der Waals surface area contributed by atoms with Crippen LogP contribution in [0.25, 0.3) is 0 Å². The number of nitrogens with zero attached hydrogens (tertiary/aromatic N) is 1. The van der Waals surface area contributed by atoms with Crippen LogP contribution in [0.2, 0.25) is 0 Å². The van der Waals surface area contributed by atoms with Gasteiger partial charge >= 0.3 is 12.1 Å². The van der Waals surface area contributed by atoms with Crippen LogP contribution in [0.3, 0.4) is 0 Å². The molecule has 0 spiro atoms. The number of carbonyl (C=O) groups is 2. The first kappa shape index (κ1) is 12.9. The number of carboxylic acid groups (broad SMARTS) is 1. The molecule has 6 nitrogen and oxygen atoms in total. The van der Waals surface area contributed by atoms with Crippen molar-refractivity contribution in [2.75, 3.05) is 26.3 Å². The first-order valence-electron chi connectivity index (χ1n) is 5.84. The van der Waals surface area contributed by atoms with E-state index in [9.17, 15) is 19.8 Å². The number of hydrogen-bond acceptors (Lipinski definition) is 4. The Hall–Kier alpha value is -1.56. The van der Waals surface area contributed by atoms with E-state index in [0.29, 0.717) is 19.4 Å². The van der Waals surface area contributed by atoms with Crippen LogP contribution in [0.1, 0.15) is 12.8 Å². The number of rotatable bonds is 4. The summed E-state index contributed by atoms with van der Waals surface area (Å²) >= 11 is 0. The van der Waals surface area contributed by atoms with Crippen molar-refractivity contribution in [1.82, 2.24) is 4.90 Å². The molecule has 1 aliphatic carbocycles. The lowest BCUT2D eigenvalue weighted by Gasteiger charge is -2.60. The van der Waals surface area contributed by atoms with Crippen LogP contribution in [0.5, 0.6) is 0 Å². The molecule has 1 saturated carbocycles. The highest BCUT2D eigenvalue weighted by Gasteiger charge is 2.64. The number of piperidine rings is 2. The Balaban J connectivity index is 2.08. The predicted octanol–water partition coefficient (Wildman–Crippen LogP) is 0.468. The molecule has 2 aliphatic heterocycles. The summed E-state index contributed by atoms with van der Waals surface area (Å²) < 4.78 is 4.91. The lowest BCUT2D eigenvalue weighted by Crippen LogP contribution is -2.68. The fourth-order valence-corrected chi connectivity index (χ4v) is 3.16. The van der Waals surface area contributed by atoms with Crippen LogP contribution >= 0.6 is 0 Å². The molecule has 0 radical (unpaired) electrons. The first-order chi connectivity index (χ1) is 8.47. The van der Waals surface area contributed by atoms with Crippen molar-refractivity contribution >= 4 is 12.1 Å². The second kappa shape index (κ2) is 4.28. The van der Waals surface area contributed by atoms with Gasteiger partial charge in [-0.25, -0.2) is 4.79 Å². The van der Waals surface area contributed by atoms with Gasteiger partial charge < -0.3 is 19.8 Å². The van der Waals surface area contributed by atoms with Gasteiger partial charge in [0, 0.05) is 18.5 Å². The fraction of sp³-hybridized carbons (Fsp3) is 0.667. The van der Waals surface area contributed by atoms with Gasteiger partial charge in [-0.3, -0.25) is 4.79 Å². The summed E-state index contributed by atoms with van der Waals surface area (Å²) in [5.41, 5.74) is -1.38. The molecule has 3 aliphatic rings. The van der Waals surface area contributed by atoms with Gasteiger partial charge in [0.1, 0.15) is 6.61 Å². The van der Waals surface area contributed by atoms with E-state index in [1.165, 1.54) is 11.0 Å². The van der Waals surface area contributed by atoms with Crippen LogP contribution in [-0.4, -0.2) is 53.5 Å². The van der Waals surface area contributed by atoms with Gasteiger partial charge in [-0.05, 0) is 12.8 Å². The molecule has 3 fully saturated rings. The fourth-order valence-electron chi connectivity index (χ4n) is 3.16. The summed E-state index contributed by atoms with van der Waals surface area (Å²) in [6, 6.07) is 0. The number of aliphatic carboxylic acids is 1. The molecule has 2 bridgehead atoms. The van der Waals surface area contributed by atoms with Crippen molar-refractivity contribution in [1.29, 1.82) is 0 Å². The standard InChI is InChI=1S/C12H17NO5/c1-2-3-18-10(17)13-6-11(8-14)4-12(5-11,7-13)9(15)16/h2,14H,1,3-8H2,(H,15,16). The van der Waals surface area contributed by atoms with Crippen LogP contribution in [0.15, 0.2) is 12.7 Å². The molecule has 0 atom stereocenters. The average molecular weight is 255 g/mol. The summed E-state index contributed by atoms with van der Waals surface area (Å²) in [6.45, 7) is 3.95. The molecule has 3 rings (SSSR count). The number of hydrogen-bond donors (Lipinski definition) is 2. The number of fused-ring (bicyclic) bond motifs is 2. The maximum Gasteiger partial charge on any atom is 0.410 e. The van der Waals surface area contributed by atoms with Crippen molar-refractivity contribution in [2.24, 2.45) is 10.8 Å². The lowest BCUT2D eigenvalue weighted by atomic mass is 9.50. The molecule has 6 heteroatoms. The third-order valence-electron chi connectivity index (χ3n) is 3.82. The van der Waals surface area contributed by atoms with E-state index in [1.54, 1.807) is 0 Å². The largest absolute Gasteiger partial charge is 0.481 e. The normalized spacial score (nSPS) is 33.5. The van der Waals surface area contributed by atoms with Crippen molar-refractivity contribution in [3.05, 3.63) is 12.7 Å². The van der Waals surface area contributed by atoms with Gasteiger partial charge in [0.2, 0.25) is 0 Å². The first-order valence-corrected chi connectivity index (χ1v) is 5.84. The van der Waals surface area contributed by atoms with Crippen molar-refractivity contribution in [3.8, 4) is 0 Å². The smallest absolute Gasteiger partial charge is 0.410 e. The third kappa shape index (κ3) is 1.86. The van der Waals surface area contributed by atoms with Crippen molar-refractivity contribution < 1.29 is 24.5 Å². The van der Waals surface area contributed by atoms with E-state index in [-0.39, 0.29) is 19.8 Å². The van der Waals surface area contributed by atoms with E-state index in [0.717, 1.165) is 0 Å². The molecule has 0 aromatic heterocycles. The summed E-state index contributed by atoms with van der Waals surface area (Å²) in [7, 11) is 0. The molecule has 2 heterocycles. The molecule has 1 amide bonds. The molecular weight excluding hydrogens is 238 g/mol. The van der Waals surface area contributed by atoms with Gasteiger partial charge in [-0.15, -0.1) is 0 Å². The van der Waals surface area contributed by atoms with Gasteiger partial charge in [-0.1, -0.05) is 12.7 Å². The molecule has 100 valence electrons. The summed E-state index contributed by atoms with van der Waals surface area (Å²) in [5, 5.41) is 18.6. The maximum absolute atomic E-state index is 11.7. The van der Waals surface area contributed by atoms with Gasteiger partial charge in [0.05, 0.1) is 12.0 Å². The van der Waals surface area contributed by atoms with Crippen molar-refractivity contribution in [3.63, 3.8) is 0 Å². The van der Waals surface area contributed by atoms with Crippen LogP contribution in [0, 0.1) is 10.8 Å². The Morgan fingerprint density at radius 1 is 1.39 bits per heavy atom. The average Bonchev–Trinajstić information content (AvgIpc) is 2.34. The van der Waals surface area contributed by atoms with E-state index in [2.05, 4.69) is 6.58 Å². The monoisotopic (exact) mass is 255 g/mol. The third-order valence-corrected chi connectivity index (χ3v) is 3.82. The Labute approximate surface area is 105 Å². The summed E-state index contributed by atoms with van der Waals surface area (Å²) in [6.07, 6.45) is 1.77. The second-order valence-corrected chi connectivity index (χ2v) is 5.32. The molecule has 2 saturated heterocycles. The number of carboxylic acids is 1. The quantitative estimate of drug-likeness (QED) is 0.713. The number of aliphatic hydroxyl groups is 1. The van der Waals surface area contributed by atoms with E-state index >= 15 is 0 Å². The lowest BCUT2D eigenvalue weighted by molar-refractivity contribution is -0.189. The minimum absolute atomic E-state index is 0.0987. The number of amides is 1. The van der Waals surface area contributed by atoms with E-state index in [1.807, 2.05) is 0 Å². The van der Waals surface area contributed by atoms with Crippen LogP contribution in [-0.2, 0) is 9.53 Å². The highest BCUT2D eigenvalue weighted by molar-refractivity contribution is 5.79. The number of aliphatic hydroxyl groups excluding tert-OH is 1. The maximum atomic E-state index is 11.7. The SMILES string of the molecule is C=CCOC(=O)N1CC2(CO)CC(C(=O)O)(C1)C2. The minimum atomic E-state index is -0.909. The Morgan fingerprint density at radius 2 is 2.06 bits per heavy atom. The molecule has 0 aromatic carbocycles.